The number of nitrogens with one attached hydrogen (secondary N) is 1. The fourth-order valence-electron chi connectivity index (χ4n) is 3.54. The molecule has 0 aliphatic carbocycles. The second kappa shape index (κ2) is 9.00. The normalized spacial score (nSPS) is 23.3. The first-order chi connectivity index (χ1) is 11.0. The molecule has 0 saturated carbocycles. The van der Waals surface area contributed by atoms with Crippen LogP contribution in [0, 0.1) is 5.92 Å². The number of hydrogen-bond donors (Lipinski definition) is 1. The molecule has 0 aromatic heterocycles. The Bertz CT molecular complexity index is 367. The highest BCUT2D eigenvalue weighted by molar-refractivity contribution is 5.82. The molecule has 2 fully saturated rings. The van der Waals surface area contributed by atoms with Crippen molar-refractivity contribution in [2.75, 3.05) is 39.4 Å². The highest BCUT2D eigenvalue weighted by atomic mass is 16.5. The Balaban J connectivity index is 1.94. The molecule has 0 aromatic carbocycles. The molecular weight excluding hydrogens is 290 g/mol. The van der Waals surface area contributed by atoms with E-state index in [2.05, 4.69) is 42.8 Å². The van der Waals surface area contributed by atoms with Gasteiger partial charge < -0.3 is 15.0 Å². The van der Waals surface area contributed by atoms with Crippen LogP contribution in [0.5, 0.6) is 0 Å². The lowest BCUT2D eigenvalue weighted by atomic mass is 9.99. The van der Waals surface area contributed by atoms with Gasteiger partial charge in [0.15, 0.2) is 0 Å². The Morgan fingerprint density at radius 1 is 1.04 bits per heavy atom. The molecule has 2 aliphatic rings. The second-order valence-corrected chi connectivity index (χ2v) is 7.58. The predicted molar refractivity (Wildman–Crippen MR) is 93.5 cm³/mol. The zero-order valence-corrected chi connectivity index (χ0v) is 15.4. The van der Waals surface area contributed by atoms with Crippen molar-refractivity contribution in [3.63, 3.8) is 0 Å². The maximum absolute atomic E-state index is 13.1. The number of rotatable bonds is 5. The molecule has 2 heterocycles. The van der Waals surface area contributed by atoms with Gasteiger partial charge in [0.05, 0.1) is 6.04 Å². The Hall–Kier alpha value is -0.650. The van der Waals surface area contributed by atoms with Crippen LogP contribution in [0.2, 0.25) is 0 Å². The predicted octanol–water partition coefficient (Wildman–Crippen LogP) is 1.72. The maximum Gasteiger partial charge on any atom is 0.240 e. The molecule has 134 valence electrons. The quantitative estimate of drug-likeness (QED) is 0.836. The average Bonchev–Trinajstić information content (AvgIpc) is 2.79. The number of ether oxygens (including phenoxy) is 1. The number of carbonyl (C=O) groups excluding carboxylic acids is 1. The van der Waals surface area contributed by atoms with E-state index in [0.29, 0.717) is 18.0 Å². The average molecular weight is 325 g/mol. The van der Waals surface area contributed by atoms with Gasteiger partial charge in [0.1, 0.15) is 0 Å². The largest absolute Gasteiger partial charge is 0.381 e. The van der Waals surface area contributed by atoms with Crippen LogP contribution in [-0.2, 0) is 9.53 Å². The van der Waals surface area contributed by atoms with Crippen LogP contribution in [0.25, 0.3) is 0 Å². The van der Waals surface area contributed by atoms with Crippen LogP contribution in [0.3, 0.4) is 0 Å². The Labute approximate surface area is 141 Å². The smallest absolute Gasteiger partial charge is 0.240 e. The molecule has 23 heavy (non-hydrogen) atoms. The van der Waals surface area contributed by atoms with E-state index in [0.717, 1.165) is 58.7 Å². The van der Waals surface area contributed by atoms with Crippen LogP contribution in [0.15, 0.2) is 0 Å². The first kappa shape index (κ1) is 18.7. The highest BCUT2D eigenvalue weighted by Crippen LogP contribution is 2.15. The zero-order chi connectivity index (χ0) is 16.8. The molecule has 0 radical (unpaired) electrons. The second-order valence-electron chi connectivity index (χ2n) is 7.58. The van der Waals surface area contributed by atoms with Crippen molar-refractivity contribution in [2.45, 2.75) is 65.1 Å². The van der Waals surface area contributed by atoms with Crippen LogP contribution in [0.4, 0.5) is 0 Å². The molecule has 1 amide bonds. The lowest BCUT2D eigenvalue weighted by Gasteiger charge is -2.33. The minimum atomic E-state index is -0.0660. The van der Waals surface area contributed by atoms with Gasteiger partial charge in [0, 0.05) is 51.5 Å². The topological polar surface area (TPSA) is 44.8 Å². The van der Waals surface area contributed by atoms with Gasteiger partial charge in [0.25, 0.3) is 0 Å². The van der Waals surface area contributed by atoms with Gasteiger partial charge in [-0.05, 0) is 39.0 Å². The number of hydrogen-bond acceptors (Lipinski definition) is 4. The van der Waals surface area contributed by atoms with Crippen molar-refractivity contribution >= 4 is 5.91 Å². The summed E-state index contributed by atoms with van der Waals surface area (Å²) in [4.78, 5) is 17.6. The third-order valence-electron chi connectivity index (χ3n) is 5.14. The first-order valence-electron chi connectivity index (χ1n) is 9.35. The summed E-state index contributed by atoms with van der Waals surface area (Å²) in [6.45, 7) is 14.2. The van der Waals surface area contributed by atoms with E-state index in [-0.39, 0.29) is 11.9 Å². The molecule has 1 atom stereocenters. The fraction of sp³-hybridized carbons (Fsp3) is 0.944. The molecule has 2 saturated heterocycles. The lowest BCUT2D eigenvalue weighted by Crippen LogP contribution is -2.54. The van der Waals surface area contributed by atoms with Crippen molar-refractivity contribution in [3.8, 4) is 0 Å². The molecule has 0 aromatic rings. The standard InChI is InChI=1S/C18H35N3O2/c1-14(2)17(19-16-6-12-23-13-7-16)18(22)21-9-5-8-20(10-11-21)15(3)4/h14-17,19H,5-13H2,1-4H3/t17-/m0/s1. The summed E-state index contributed by atoms with van der Waals surface area (Å²) in [7, 11) is 0. The van der Waals surface area contributed by atoms with Crippen LogP contribution >= 0.6 is 0 Å². The van der Waals surface area contributed by atoms with Gasteiger partial charge in [-0.3, -0.25) is 9.69 Å². The van der Waals surface area contributed by atoms with Gasteiger partial charge >= 0.3 is 0 Å². The molecule has 1 N–H and O–H groups in total. The summed E-state index contributed by atoms with van der Waals surface area (Å²) >= 11 is 0. The number of carbonyl (C=O) groups is 1. The molecule has 0 bridgehead atoms. The minimum absolute atomic E-state index is 0.0660. The summed E-state index contributed by atoms with van der Waals surface area (Å²) in [5.74, 6) is 0.604. The van der Waals surface area contributed by atoms with Crippen LogP contribution < -0.4 is 5.32 Å². The minimum Gasteiger partial charge on any atom is -0.381 e. The van der Waals surface area contributed by atoms with Gasteiger partial charge in [0.2, 0.25) is 5.91 Å². The molecule has 5 heteroatoms. The Kier molecular flexibility index (Phi) is 7.31. The molecule has 2 aliphatic heterocycles. The third-order valence-corrected chi connectivity index (χ3v) is 5.14. The Morgan fingerprint density at radius 3 is 2.35 bits per heavy atom. The van der Waals surface area contributed by atoms with E-state index in [1.54, 1.807) is 0 Å². The van der Waals surface area contributed by atoms with E-state index >= 15 is 0 Å². The number of amides is 1. The monoisotopic (exact) mass is 325 g/mol. The third kappa shape index (κ3) is 5.44. The summed E-state index contributed by atoms with van der Waals surface area (Å²) in [6.07, 6.45) is 3.10. The van der Waals surface area contributed by atoms with E-state index in [1.807, 2.05) is 0 Å². The van der Waals surface area contributed by atoms with Gasteiger partial charge in [-0.25, -0.2) is 0 Å². The van der Waals surface area contributed by atoms with Crippen molar-refractivity contribution in [1.29, 1.82) is 0 Å². The van der Waals surface area contributed by atoms with Crippen molar-refractivity contribution < 1.29 is 9.53 Å². The van der Waals surface area contributed by atoms with Crippen LogP contribution in [-0.4, -0.2) is 73.2 Å². The molecular formula is C18H35N3O2. The number of nitrogens with zero attached hydrogens (tertiary/aromatic N) is 2. The first-order valence-corrected chi connectivity index (χ1v) is 9.35. The lowest BCUT2D eigenvalue weighted by molar-refractivity contribution is -0.135. The van der Waals surface area contributed by atoms with Crippen molar-refractivity contribution in [1.82, 2.24) is 15.1 Å². The zero-order valence-electron chi connectivity index (χ0n) is 15.4. The maximum atomic E-state index is 13.1. The summed E-state index contributed by atoms with van der Waals surface area (Å²) < 4.78 is 5.43. The van der Waals surface area contributed by atoms with Gasteiger partial charge in [-0.2, -0.15) is 0 Å². The molecule has 2 rings (SSSR count). The van der Waals surface area contributed by atoms with E-state index < -0.39 is 0 Å². The van der Waals surface area contributed by atoms with Gasteiger partial charge in [-0.1, -0.05) is 13.8 Å². The highest BCUT2D eigenvalue weighted by Gasteiger charge is 2.30. The van der Waals surface area contributed by atoms with Crippen molar-refractivity contribution in [3.05, 3.63) is 0 Å². The van der Waals surface area contributed by atoms with E-state index in [9.17, 15) is 4.79 Å². The summed E-state index contributed by atoms with van der Waals surface area (Å²) in [6, 6.07) is 0.911. The van der Waals surface area contributed by atoms with Crippen LogP contribution in [0.1, 0.15) is 47.0 Å². The fourth-order valence-corrected chi connectivity index (χ4v) is 3.54. The summed E-state index contributed by atoms with van der Waals surface area (Å²) in [5.41, 5.74) is 0. The van der Waals surface area contributed by atoms with Crippen molar-refractivity contribution in [2.24, 2.45) is 5.92 Å². The molecule has 5 nitrogen and oxygen atoms in total. The molecule has 0 spiro atoms. The SMILES string of the molecule is CC(C)[C@H](NC1CCOCC1)C(=O)N1CCCN(C(C)C)CC1. The summed E-state index contributed by atoms with van der Waals surface area (Å²) in [5, 5.41) is 3.62. The van der Waals surface area contributed by atoms with E-state index in [1.165, 1.54) is 0 Å². The Morgan fingerprint density at radius 2 is 1.74 bits per heavy atom. The van der Waals surface area contributed by atoms with E-state index in [4.69, 9.17) is 4.74 Å². The molecule has 0 unspecified atom stereocenters. The van der Waals surface area contributed by atoms with Gasteiger partial charge in [-0.15, -0.1) is 0 Å².